The molecule has 6 heteroatoms. The van der Waals surface area contributed by atoms with Crippen molar-refractivity contribution < 1.29 is 4.79 Å². The minimum atomic E-state index is -0.193. The molecular formula is C20H27N5O. The number of amides is 1. The van der Waals surface area contributed by atoms with E-state index >= 15 is 0 Å². The first-order valence-electron chi connectivity index (χ1n) is 8.99. The maximum atomic E-state index is 12.5. The van der Waals surface area contributed by atoms with Gasteiger partial charge in [-0.1, -0.05) is 6.07 Å². The molecule has 0 saturated carbocycles. The maximum absolute atomic E-state index is 12.5. The summed E-state index contributed by atoms with van der Waals surface area (Å²) in [5, 5.41) is 2.85. The van der Waals surface area contributed by atoms with Gasteiger partial charge in [-0.3, -0.25) is 4.79 Å². The van der Waals surface area contributed by atoms with E-state index in [1.165, 1.54) is 0 Å². The lowest BCUT2D eigenvalue weighted by atomic mass is 10.0. The van der Waals surface area contributed by atoms with E-state index in [2.05, 4.69) is 34.2 Å². The second-order valence-corrected chi connectivity index (χ2v) is 7.11. The zero-order valence-corrected chi connectivity index (χ0v) is 15.7. The molecule has 1 aromatic carbocycles. The van der Waals surface area contributed by atoms with Crippen molar-refractivity contribution in [2.24, 2.45) is 0 Å². The summed E-state index contributed by atoms with van der Waals surface area (Å²) in [5.74, 6) is 0.352. The lowest BCUT2D eigenvalue weighted by molar-refractivity contribution is 0.102. The highest BCUT2D eigenvalue weighted by atomic mass is 16.1. The van der Waals surface area contributed by atoms with Crippen LogP contribution in [-0.4, -0.2) is 49.0 Å². The normalized spacial score (nSPS) is 15.3. The summed E-state index contributed by atoms with van der Waals surface area (Å²) in [6, 6.07) is 9.85. The van der Waals surface area contributed by atoms with E-state index in [1.807, 2.05) is 31.3 Å². The monoisotopic (exact) mass is 353 g/mol. The third-order valence-corrected chi connectivity index (χ3v) is 5.06. The number of nitrogens with two attached hydrogens (primary N) is 1. The van der Waals surface area contributed by atoms with Crippen LogP contribution in [-0.2, 0) is 0 Å². The number of hydrogen-bond donors (Lipinski definition) is 2. The summed E-state index contributed by atoms with van der Waals surface area (Å²) >= 11 is 0. The Morgan fingerprint density at radius 3 is 2.58 bits per heavy atom. The van der Waals surface area contributed by atoms with Gasteiger partial charge in [-0.2, -0.15) is 0 Å². The number of piperidine rings is 1. The summed E-state index contributed by atoms with van der Waals surface area (Å²) in [5.41, 5.74) is 8.91. The molecule has 3 N–H and O–H groups in total. The zero-order valence-electron chi connectivity index (χ0n) is 15.7. The highest BCUT2D eigenvalue weighted by molar-refractivity contribution is 6.05. The van der Waals surface area contributed by atoms with Crippen molar-refractivity contribution in [2.45, 2.75) is 25.8 Å². The Balaban J connectivity index is 1.63. The Bertz CT molecular complexity index is 764. The molecule has 26 heavy (non-hydrogen) atoms. The highest BCUT2D eigenvalue weighted by Crippen LogP contribution is 2.22. The van der Waals surface area contributed by atoms with Gasteiger partial charge in [-0.25, -0.2) is 4.98 Å². The standard InChI is InChI=1S/C20H27N5O/c1-14-4-5-15(21)12-18(14)20(26)23-19-7-6-17(13-22-19)25-10-8-16(9-11-25)24(2)3/h4-7,12-13,16H,8-11,21H2,1-3H3,(H,22,23,26). The zero-order chi connectivity index (χ0) is 18.7. The molecule has 1 aliphatic rings. The largest absolute Gasteiger partial charge is 0.399 e. The van der Waals surface area contributed by atoms with Crippen molar-refractivity contribution in [2.75, 3.05) is 43.1 Å². The maximum Gasteiger partial charge on any atom is 0.257 e. The van der Waals surface area contributed by atoms with Crippen molar-refractivity contribution in [3.05, 3.63) is 47.7 Å². The first kappa shape index (κ1) is 18.2. The van der Waals surface area contributed by atoms with Crippen LogP contribution in [0, 0.1) is 6.92 Å². The van der Waals surface area contributed by atoms with Gasteiger partial charge in [0.15, 0.2) is 0 Å². The van der Waals surface area contributed by atoms with E-state index in [0.717, 1.165) is 37.2 Å². The van der Waals surface area contributed by atoms with Crippen molar-refractivity contribution in [3.8, 4) is 0 Å². The van der Waals surface area contributed by atoms with Crippen LogP contribution < -0.4 is 16.0 Å². The van der Waals surface area contributed by atoms with Crippen molar-refractivity contribution in [1.29, 1.82) is 0 Å². The van der Waals surface area contributed by atoms with Crippen LogP contribution >= 0.6 is 0 Å². The molecule has 3 rings (SSSR count). The first-order chi connectivity index (χ1) is 12.4. The number of carbonyl (C=O) groups excluding carboxylic acids is 1. The molecule has 1 amide bonds. The van der Waals surface area contributed by atoms with E-state index in [-0.39, 0.29) is 5.91 Å². The molecule has 0 unspecified atom stereocenters. The molecule has 0 aliphatic carbocycles. The molecule has 138 valence electrons. The number of anilines is 3. The fourth-order valence-corrected chi connectivity index (χ4v) is 3.36. The number of aromatic nitrogens is 1. The van der Waals surface area contributed by atoms with Gasteiger partial charge < -0.3 is 20.9 Å². The van der Waals surface area contributed by atoms with Crippen LogP contribution in [0.15, 0.2) is 36.5 Å². The molecular weight excluding hydrogens is 326 g/mol. The van der Waals surface area contributed by atoms with Crippen molar-refractivity contribution >= 4 is 23.1 Å². The molecule has 0 radical (unpaired) electrons. The molecule has 0 spiro atoms. The quantitative estimate of drug-likeness (QED) is 0.827. The van der Waals surface area contributed by atoms with Gasteiger partial charge in [0.25, 0.3) is 5.91 Å². The van der Waals surface area contributed by atoms with E-state index in [1.54, 1.807) is 12.1 Å². The number of nitrogen functional groups attached to an aromatic ring is 1. The summed E-state index contributed by atoms with van der Waals surface area (Å²) in [4.78, 5) is 21.5. The fraction of sp³-hybridized carbons (Fsp3) is 0.400. The SMILES string of the molecule is Cc1ccc(N)cc1C(=O)Nc1ccc(N2CCC(N(C)C)CC2)cn1. The fourth-order valence-electron chi connectivity index (χ4n) is 3.36. The molecule has 2 aromatic rings. The lowest BCUT2D eigenvalue weighted by Crippen LogP contribution is -2.42. The minimum absolute atomic E-state index is 0.193. The highest BCUT2D eigenvalue weighted by Gasteiger charge is 2.21. The van der Waals surface area contributed by atoms with Crippen LogP contribution in [0.5, 0.6) is 0 Å². The van der Waals surface area contributed by atoms with Crippen LogP contribution in [0.4, 0.5) is 17.2 Å². The molecule has 1 aromatic heterocycles. The Morgan fingerprint density at radius 1 is 1.23 bits per heavy atom. The van der Waals surface area contributed by atoms with Gasteiger partial charge in [0, 0.05) is 30.4 Å². The molecule has 2 heterocycles. The number of carbonyl (C=O) groups is 1. The van der Waals surface area contributed by atoms with Gasteiger partial charge in [0.05, 0.1) is 11.9 Å². The second kappa shape index (κ2) is 7.74. The van der Waals surface area contributed by atoms with Gasteiger partial charge in [-0.15, -0.1) is 0 Å². The predicted octanol–water partition coefficient (Wildman–Crippen LogP) is 2.75. The van der Waals surface area contributed by atoms with E-state index in [0.29, 0.717) is 23.1 Å². The Labute approximate surface area is 155 Å². The van der Waals surface area contributed by atoms with Crippen molar-refractivity contribution in [1.82, 2.24) is 9.88 Å². The Hall–Kier alpha value is -2.60. The molecule has 1 saturated heterocycles. The van der Waals surface area contributed by atoms with Gasteiger partial charge in [-0.05, 0) is 63.7 Å². The average molecular weight is 353 g/mol. The van der Waals surface area contributed by atoms with E-state index in [4.69, 9.17) is 5.73 Å². The third-order valence-electron chi connectivity index (χ3n) is 5.06. The minimum Gasteiger partial charge on any atom is -0.399 e. The second-order valence-electron chi connectivity index (χ2n) is 7.11. The van der Waals surface area contributed by atoms with Crippen LogP contribution in [0.1, 0.15) is 28.8 Å². The topological polar surface area (TPSA) is 74.5 Å². The summed E-state index contributed by atoms with van der Waals surface area (Å²) in [6.07, 6.45) is 4.14. The summed E-state index contributed by atoms with van der Waals surface area (Å²) in [6.45, 7) is 3.94. The number of benzene rings is 1. The number of nitrogens with one attached hydrogen (secondary N) is 1. The molecule has 0 bridgehead atoms. The molecule has 1 aliphatic heterocycles. The van der Waals surface area contributed by atoms with Crippen LogP contribution in [0.2, 0.25) is 0 Å². The number of aryl methyl sites for hydroxylation is 1. The lowest BCUT2D eigenvalue weighted by Gasteiger charge is -2.36. The number of hydrogen-bond acceptors (Lipinski definition) is 5. The summed E-state index contributed by atoms with van der Waals surface area (Å²) < 4.78 is 0. The predicted molar refractivity (Wildman–Crippen MR) is 107 cm³/mol. The van der Waals surface area contributed by atoms with E-state index in [9.17, 15) is 4.79 Å². The van der Waals surface area contributed by atoms with Crippen LogP contribution in [0.3, 0.4) is 0 Å². The molecule has 6 nitrogen and oxygen atoms in total. The summed E-state index contributed by atoms with van der Waals surface area (Å²) in [7, 11) is 4.28. The Kier molecular flexibility index (Phi) is 5.42. The smallest absolute Gasteiger partial charge is 0.257 e. The van der Waals surface area contributed by atoms with E-state index < -0.39 is 0 Å². The first-order valence-corrected chi connectivity index (χ1v) is 8.99. The average Bonchev–Trinajstić information content (AvgIpc) is 2.64. The number of nitrogens with zero attached hydrogens (tertiary/aromatic N) is 3. The van der Waals surface area contributed by atoms with Gasteiger partial charge >= 0.3 is 0 Å². The van der Waals surface area contributed by atoms with Gasteiger partial charge in [0.2, 0.25) is 0 Å². The Morgan fingerprint density at radius 2 is 1.96 bits per heavy atom. The number of pyridine rings is 1. The third kappa shape index (κ3) is 4.14. The molecule has 1 fully saturated rings. The van der Waals surface area contributed by atoms with Crippen LogP contribution in [0.25, 0.3) is 0 Å². The molecule has 0 atom stereocenters. The van der Waals surface area contributed by atoms with Gasteiger partial charge in [0.1, 0.15) is 5.82 Å². The number of rotatable bonds is 4. The van der Waals surface area contributed by atoms with Crippen molar-refractivity contribution in [3.63, 3.8) is 0 Å².